The Labute approximate surface area is 113 Å². The highest BCUT2D eigenvalue weighted by atomic mass is 32.1. The van der Waals surface area contributed by atoms with Gasteiger partial charge in [-0.15, -0.1) is 0 Å². The molecule has 100 valence electrons. The third-order valence-corrected chi connectivity index (χ3v) is 2.48. The van der Waals surface area contributed by atoms with Crippen LogP contribution in [-0.4, -0.2) is 31.9 Å². The molecule has 0 unspecified atom stereocenters. The fourth-order valence-corrected chi connectivity index (χ4v) is 1.50. The maximum Gasteiger partial charge on any atom is 0.123 e. The van der Waals surface area contributed by atoms with Crippen molar-refractivity contribution in [3.05, 3.63) is 23.8 Å². The molecule has 4 nitrogen and oxygen atoms in total. The van der Waals surface area contributed by atoms with Gasteiger partial charge in [0.15, 0.2) is 0 Å². The number of benzene rings is 1. The molecule has 0 fully saturated rings. The zero-order valence-corrected chi connectivity index (χ0v) is 11.6. The summed E-state index contributed by atoms with van der Waals surface area (Å²) in [6, 6.07) is 5.37. The SMILES string of the molecule is CCCOCCOc1cc(OC)cc(C(N)=S)c1. The summed E-state index contributed by atoms with van der Waals surface area (Å²) in [6.45, 7) is 3.87. The Bertz CT molecular complexity index is 396. The van der Waals surface area contributed by atoms with Gasteiger partial charge in [-0.05, 0) is 18.6 Å². The molecule has 0 atom stereocenters. The van der Waals surface area contributed by atoms with Gasteiger partial charge in [0.1, 0.15) is 23.1 Å². The maximum atomic E-state index is 5.60. The summed E-state index contributed by atoms with van der Waals surface area (Å²) < 4.78 is 16.1. The second-order valence-corrected chi connectivity index (χ2v) is 4.16. The summed E-state index contributed by atoms with van der Waals surface area (Å²) in [7, 11) is 1.59. The molecule has 18 heavy (non-hydrogen) atoms. The van der Waals surface area contributed by atoms with E-state index in [1.807, 2.05) is 0 Å². The number of rotatable bonds is 8. The molecule has 0 spiro atoms. The van der Waals surface area contributed by atoms with Crippen LogP contribution in [0.25, 0.3) is 0 Å². The maximum absolute atomic E-state index is 5.60. The Morgan fingerprint density at radius 1 is 1.17 bits per heavy atom. The van der Waals surface area contributed by atoms with E-state index in [9.17, 15) is 0 Å². The third-order valence-electron chi connectivity index (χ3n) is 2.25. The van der Waals surface area contributed by atoms with E-state index in [1.54, 1.807) is 25.3 Å². The van der Waals surface area contributed by atoms with Crippen LogP contribution in [0.4, 0.5) is 0 Å². The van der Waals surface area contributed by atoms with Crippen LogP contribution in [0.5, 0.6) is 11.5 Å². The van der Waals surface area contributed by atoms with E-state index in [-0.39, 0.29) is 0 Å². The van der Waals surface area contributed by atoms with E-state index in [0.29, 0.717) is 29.7 Å². The van der Waals surface area contributed by atoms with Gasteiger partial charge in [-0.25, -0.2) is 0 Å². The van der Waals surface area contributed by atoms with Crippen molar-refractivity contribution < 1.29 is 14.2 Å². The van der Waals surface area contributed by atoms with Crippen molar-refractivity contribution in [2.75, 3.05) is 26.9 Å². The number of hydrogen-bond acceptors (Lipinski definition) is 4. The fourth-order valence-electron chi connectivity index (χ4n) is 1.38. The van der Waals surface area contributed by atoms with Crippen LogP contribution in [0.15, 0.2) is 18.2 Å². The van der Waals surface area contributed by atoms with Crippen molar-refractivity contribution in [2.45, 2.75) is 13.3 Å². The second-order valence-electron chi connectivity index (χ2n) is 3.72. The van der Waals surface area contributed by atoms with Crippen LogP contribution in [0.2, 0.25) is 0 Å². The summed E-state index contributed by atoms with van der Waals surface area (Å²) in [5.41, 5.74) is 6.33. The number of methoxy groups -OCH3 is 1. The third kappa shape index (κ3) is 4.89. The first-order valence-corrected chi connectivity index (χ1v) is 6.27. The molecule has 0 radical (unpaired) electrons. The molecule has 1 aromatic rings. The van der Waals surface area contributed by atoms with Crippen molar-refractivity contribution in [1.29, 1.82) is 0 Å². The lowest BCUT2D eigenvalue weighted by Crippen LogP contribution is -2.11. The van der Waals surface area contributed by atoms with E-state index in [1.165, 1.54) is 0 Å². The molecule has 0 heterocycles. The molecule has 0 bridgehead atoms. The summed E-state index contributed by atoms with van der Waals surface area (Å²) in [4.78, 5) is 0.320. The molecular weight excluding hydrogens is 250 g/mol. The smallest absolute Gasteiger partial charge is 0.123 e. The molecule has 0 aromatic heterocycles. The lowest BCUT2D eigenvalue weighted by atomic mass is 10.2. The summed E-state index contributed by atoms with van der Waals surface area (Å²) in [5.74, 6) is 1.35. The zero-order chi connectivity index (χ0) is 13.4. The van der Waals surface area contributed by atoms with Crippen LogP contribution >= 0.6 is 12.2 Å². The average Bonchev–Trinajstić information content (AvgIpc) is 2.38. The Balaban J connectivity index is 2.58. The van der Waals surface area contributed by atoms with Gasteiger partial charge in [-0.2, -0.15) is 0 Å². The lowest BCUT2D eigenvalue weighted by molar-refractivity contribution is 0.100. The van der Waals surface area contributed by atoms with Crippen LogP contribution in [-0.2, 0) is 4.74 Å². The van der Waals surface area contributed by atoms with Gasteiger partial charge in [-0.1, -0.05) is 19.1 Å². The Hall–Kier alpha value is -1.33. The van der Waals surface area contributed by atoms with E-state index in [2.05, 4.69) is 6.92 Å². The molecule has 0 aliphatic heterocycles. The highest BCUT2D eigenvalue weighted by molar-refractivity contribution is 7.80. The van der Waals surface area contributed by atoms with Crippen molar-refractivity contribution in [1.82, 2.24) is 0 Å². The van der Waals surface area contributed by atoms with Gasteiger partial charge in [0.05, 0.1) is 13.7 Å². The lowest BCUT2D eigenvalue weighted by Gasteiger charge is -2.10. The molecular formula is C13H19NO3S. The summed E-state index contributed by atoms with van der Waals surface area (Å²) in [6.07, 6.45) is 1.00. The first-order chi connectivity index (χ1) is 8.67. The van der Waals surface area contributed by atoms with Crippen molar-refractivity contribution in [2.24, 2.45) is 5.73 Å². The molecule has 1 rings (SSSR count). The molecule has 0 saturated carbocycles. The van der Waals surface area contributed by atoms with E-state index in [0.717, 1.165) is 18.6 Å². The largest absolute Gasteiger partial charge is 0.497 e. The number of hydrogen-bond donors (Lipinski definition) is 1. The van der Waals surface area contributed by atoms with Crippen molar-refractivity contribution in [3.63, 3.8) is 0 Å². The Morgan fingerprint density at radius 2 is 1.89 bits per heavy atom. The van der Waals surface area contributed by atoms with E-state index >= 15 is 0 Å². The zero-order valence-electron chi connectivity index (χ0n) is 10.8. The van der Waals surface area contributed by atoms with Crippen LogP contribution < -0.4 is 15.2 Å². The molecule has 1 aromatic carbocycles. The molecule has 2 N–H and O–H groups in total. The van der Waals surface area contributed by atoms with Gasteiger partial charge >= 0.3 is 0 Å². The average molecular weight is 269 g/mol. The predicted octanol–water partition coefficient (Wildman–Crippen LogP) is 2.13. The standard InChI is InChI=1S/C13H19NO3S/c1-3-4-16-5-6-17-12-8-10(13(14)18)7-11(9-12)15-2/h7-9H,3-6H2,1-2H3,(H2,14,18). The van der Waals surface area contributed by atoms with Crippen molar-refractivity contribution >= 4 is 17.2 Å². The quantitative estimate of drug-likeness (QED) is 0.579. The first-order valence-electron chi connectivity index (χ1n) is 5.86. The molecule has 0 aliphatic rings. The topological polar surface area (TPSA) is 53.7 Å². The predicted molar refractivity (Wildman–Crippen MR) is 75.5 cm³/mol. The van der Waals surface area contributed by atoms with Crippen LogP contribution in [0.1, 0.15) is 18.9 Å². The highest BCUT2D eigenvalue weighted by Crippen LogP contribution is 2.22. The summed E-state index contributed by atoms with van der Waals surface area (Å²) >= 11 is 4.94. The number of thiocarbonyl (C=S) groups is 1. The minimum Gasteiger partial charge on any atom is -0.497 e. The molecule has 0 saturated heterocycles. The molecule has 0 amide bonds. The van der Waals surface area contributed by atoms with Gasteiger partial charge in [0.2, 0.25) is 0 Å². The van der Waals surface area contributed by atoms with E-state index < -0.39 is 0 Å². The monoisotopic (exact) mass is 269 g/mol. The van der Waals surface area contributed by atoms with Gasteiger partial charge in [-0.3, -0.25) is 0 Å². The minimum absolute atomic E-state index is 0.320. The minimum atomic E-state index is 0.320. The second kappa shape index (κ2) is 7.89. The number of ether oxygens (including phenoxy) is 3. The van der Waals surface area contributed by atoms with Crippen LogP contribution in [0, 0.1) is 0 Å². The molecule has 5 heteroatoms. The van der Waals surface area contributed by atoms with Gasteiger partial charge < -0.3 is 19.9 Å². The highest BCUT2D eigenvalue weighted by Gasteiger charge is 2.04. The fraction of sp³-hybridized carbons (Fsp3) is 0.462. The van der Waals surface area contributed by atoms with E-state index in [4.69, 9.17) is 32.2 Å². The van der Waals surface area contributed by atoms with Gasteiger partial charge in [0.25, 0.3) is 0 Å². The Kier molecular flexibility index (Phi) is 6.46. The first kappa shape index (κ1) is 14.7. The van der Waals surface area contributed by atoms with Crippen molar-refractivity contribution in [3.8, 4) is 11.5 Å². The van der Waals surface area contributed by atoms with Crippen LogP contribution in [0.3, 0.4) is 0 Å². The number of nitrogens with two attached hydrogens (primary N) is 1. The Morgan fingerprint density at radius 3 is 2.50 bits per heavy atom. The van der Waals surface area contributed by atoms with Gasteiger partial charge in [0, 0.05) is 18.2 Å². The normalized spacial score (nSPS) is 10.1. The molecule has 0 aliphatic carbocycles. The summed E-state index contributed by atoms with van der Waals surface area (Å²) in [5, 5.41) is 0.